The van der Waals surface area contributed by atoms with Crippen LogP contribution >= 0.6 is 20.8 Å². The molecule has 0 aliphatic carbocycles. The lowest BCUT2D eigenvalue weighted by Crippen LogP contribution is -2.27. The first-order valence-corrected chi connectivity index (χ1v) is 12.6. The fourth-order valence-electron chi connectivity index (χ4n) is 4.25. The Bertz CT molecular complexity index is 544. The molecule has 1 aromatic carbocycles. The van der Waals surface area contributed by atoms with E-state index in [2.05, 4.69) is 51.0 Å². The summed E-state index contributed by atoms with van der Waals surface area (Å²) in [5.41, 5.74) is 1.80. The Balaban J connectivity index is 2.50. The van der Waals surface area contributed by atoms with Gasteiger partial charge < -0.3 is 10.1 Å². The van der Waals surface area contributed by atoms with E-state index in [1.165, 1.54) is 55.8 Å². The molecule has 0 bridgehead atoms. The molecule has 154 valence electrons. The summed E-state index contributed by atoms with van der Waals surface area (Å²) in [7, 11) is 2.52. The summed E-state index contributed by atoms with van der Waals surface area (Å²) in [6.07, 6.45) is 11.1. The molecular weight excluding hydrogens is 369 g/mol. The van der Waals surface area contributed by atoms with Crippen molar-refractivity contribution in [1.29, 1.82) is 0 Å². The van der Waals surface area contributed by atoms with Gasteiger partial charge in [-0.15, -0.1) is 0 Å². The van der Waals surface area contributed by atoms with Gasteiger partial charge in [0.25, 0.3) is 0 Å². The van der Waals surface area contributed by atoms with Crippen LogP contribution in [0, 0.1) is 5.41 Å². The Labute approximate surface area is 175 Å². The van der Waals surface area contributed by atoms with E-state index in [0.717, 1.165) is 38.7 Å². The summed E-state index contributed by atoms with van der Waals surface area (Å²) < 4.78 is 5.51. The van der Waals surface area contributed by atoms with Crippen molar-refractivity contribution >= 4 is 31.1 Å². The molecule has 1 aromatic rings. The van der Waals surface area contributed by atoms with Crippen LogP contribution in [0.25, 0.3) is 0 Å². The van der Waals surface area contributed by atoms with E-state index in [0.29, 0.717) is 5.41 Å². The van der Waals surface area contributed by atoms with Crippen molar-refractivity contribution in [3.8, 4) is 5.75 Å². The van der Waals surface area contributed by atoms with E-state index in [9.17, 15) is 0 Å². The highest BCUT2D eigenvalue weighted by atomic mass is 32.1. The first kappa shape index (κ1) is 24.4. The molecule has 0 aliphatic heterocycles. The number of benzene rings is 1. The minimum atomic E-state index is 0.494. The fourth-order valence-corrected chi connectivity index (χ4v) is 5.13. The van der Waals surface area contributed by atoms with E-state index in [-0.39, 0.29) is 0 Å². The third-order valence-electron chi connectivity index (χ3n) is 5.49. The van der Waals surface area contributed by atoms with Crippen molar-refractivity contribution in [2.45, 2.75) is 78.6 Å². The third-order valence-corrected chi connectivity index (χ3v) is 6.79. The summed E-state index contributed by atoms with van der Waals surface area (Å²) >= 11 is 5.64. The van der Waals surface area contributed by atoms with Gasteiger partial charge in [0.15, 0.2) is 0 Å². The predicted octanol–water partition coefficient (Wildman–Crippen LogP) is 6.26. The van der Waals surface area contributed by atoms with Crippen molar-refractivity contribution in [3.05, 3.63) is 23.8 Å². The zero-order valence-corrected chi connectivity index (χ0v) is 19.9. The van der Waals surface area contributed by atoms with Crippen molar-refractivity contribution in [1.82, 2.24) is 5.32 Å². The SMILES string of the molecule is CCCC(CCC)(CCC)CCC(=S)NCCc1ccc(PC)c(OC)c1. The third kappa shape index (κ3) is 8.48. The molecule has 0 amide bonds. The zero-order chi connectivity index (χ0) is 20.1. The Morgan fingerprint density at radius 3 is 2.22 bits per heavy atom. The number of methoxy groups -OCH3 is 1. The Morgan fingerprint density at radius 2 is 1.70 bits per heavy atom. The molecule has 0 aromatic heterocycles. The first-order valence-electron chi connectivity index (χ1n) is 10.7. The second-order valence-electron chi connectivity index (χ2n) is 7.63. The molecule has 0 fully saturated rings. The average molecular weight is 410 g/mol. The van der Waals surface area contributed by atoms with E-state index in [4.69, 9.17) is 17.0 Å². The Hall–Kier alpha value is -0.660. The van der Waals surface area contributed by atoms with Gasteiger partial charge in [-0.25, -0.2) is 0 Å². The molecule has 4 heteroatoms. The molecule has 0 aliphatic rings. The Kier molecular flexibility index (Phi) is 12.2. The highest BCUT2D eigenvalue weighted by molar-refractivity contribution is 7.80. The van der Waals surface area contributed by atoms with Crippen molar-refractivity contribution in [2.75, 3.05) is 20.3 Å². The molecule has 0 radical (unpaired) electrons. The highest BCUT2D eigenvalue weighted by Gasteiger charge is 2.27. The van der Waals surface area contributed by atoms with Gasteiger partial charge in [-0.05, 0) is 62.2 Å². The van der Waals surface area contributed by atoms with E-state index >= 15 is 0 Å². The van der Waals surface area contributed by atoms with Crippen LogP contribution in [0.15, 0.2) is 18.2 Å². The van der Waals surface area contributed by atoms with Gasteiger partial charge in [0.2, 0.25) is 0 Å². The van der Waals surface area contributed by atoms with Crippen molar-refractivity contribution < 1.29 is 4.74 Å². The zero-order valence-electron chi connectivity index (χ0n) is 18.1. The first-order chi connectivity index (χ1) is 13.0. The lowest BCUT2D eigenvalue weighted by Gasteiger charge is -2.34. The Morgan fingerprint density at radius 1 is 1.07 bits per heavy atom. The van der Waals surface area contributed by atoms with Crippen LogP contribution < -0.4 is 15.4 Å². The van der Waals surface area contributed by atoms with Crippen LogP contribution in [-0.2, 0) is 6.42 Å². The summed E-state index contributed by atoms with van der Waals surface area (Å²) in [5.74, 6) is 1.01. The molecule has 1 unspecified atom stereocenters. The van der Waals surface area contributed by atoms with Gasteiger partial charge in [0.05, 0.1) is 12.1 Å². The fraction of sp³-hybridized carbons (Fsp3) is 0.696. The number of ether oxygens (including phenoxy) is 1. The number of hydrogen-bond donors (Lipinski definition) is 1. The van der Waals surface area contributed by atoms with Gasteiger partial charge in [-0.1, -0.05) is 73.0 Å². The van der Waals surface area contributed by atoms with Gasteiger partial charge in [-0.3, -0.25) is 0 Å². The summed E-state index contributed by atoms with van der Waals surface area (Å²) in [5, 5.41) is 4.78. The van der Waals surface area contributed by atoms with Crippen molar-refractivity contribution in [3.63, 3.8) is 0 Å². The normalized spacial score (nSPS) is 11.9. The standard InChI is InChI=1S/C23H40NOPS/c1-6-13-23(14-7-2,15-8-3)16-11-22(27)24-17-12-19-9-10-21(26-5)20(18-19)25-4/h9-10,18,26H,6-8,11-17H2,1-5H3,(H,24,27). The molecule has 0 saturated heterocycles. The van der Waals surface area contributed by atoms with E-state index in [1.54, 1.807) is 7.11 Å². The van der Waals surface area contributed by atoms with E-state index < -0.39 is 0 Å². The van der Waals surface area contributed by atoms with Crippen LogP contribution in [0.4, 0.5) is 0 Å². The monoisotopic (exact) mass is 409 g/mol. The summed E-state index contributed by atoms with van der Waals surface area (Å²) in [4.78, 5) is 1.03. The molecule has 0 saturated carbocycles. The van der Waals surface area contributed by atoms with Gasteiger partial charge in [0, 0.05) is 11.8 Å². The number of hydrogen-bond acceptors (Lipinski definition) is 2. The maximum atomic E-state index is 5.64. The molecule has 1 N–H and O–H groups in total. The number of thiocarbonyl (C=S) groups is 1. The van der Waals surface area contributed by atoms with Gasteiger partial charge in [0.1, 0.15) is 5.75 Å². The maximum absolute atomic E-state index is 5.64. The largest absolute Gasteiger partial charge is 0.496 e. The quantitative estimate of drug-likeness (QED) is 0.290. The predicted molar refractivity (Wildman–Crippen MR) is 128 cm³/mol. The second-order valence-corrected chi connectivity index (χ2v) is 9.17. The molecule has 0 heterocycles. The van der Waals surface area contributed by atoms with Crippen molar-refractivity contribution in [2.24, 2.45) is 5.41 Å². The van der Waals surface area contributed by atoms with Crippen LogP contribution in [0.2, 0.25) is 0 Å². The number of rotatable bonds is 14. The molecule has 27 heavy (non-hydrogen) atoms. The molecule has 0 spiro atoms. The van der Waals surface area contributed by atoms with Gasteiger partial charge >= 0.3 is 0 Å². The second kappa shape index (κ2) is 13.5. The van der Waals surface area contributed by atoms with Crippen LogP contribution in [0.3, 0.4) is 0 Å². The smallest absolute Gasteiger partial charge is 0.126 e. The summed E-state index contributed by atoms with van der Waals surface area (Å²) in [6.45, 7) is 10.0. The van der Waals surface area contributed by atoms with E-state index in [1.807, 2.05) is 0 Å². The van der Waals surface area contributed by atoms with Gasteiger partial charge in [-0.2, -0.15) is 0 Å². The lowest BCUT2D eigenvalue weighted by atomic mass is 9.72. The minimum Gasteiger partial charge on any atom is -0.496 e. The molecule has 1 rings (SSSR count). The topological polar surface area (TPSA) is 21.3 Å². The lowest BCUT2D eigenvalue weighted by molar-refractivity contribution is 0.196. The van der Waals surface area contributed by atoms with Crippen LogP contribution in [-0.4, -0.2) is 25.3 Å². The average Bonchev–Trinajstić information content (AvgIpc) is 2.67. The molecule has 1 atom stereocenters. The highest BCUT2D eigenvalue weighted by Crippen LogP contribution is 2.39. The summed E-state index contributed by atoms with van der Waals surface area (Å²) in [6, 6.07) is 6.58. The van der Waals surface area contributed by atoms with Crippen LogP contribution in [0.5, 0.6) is 5.75 Å². The maximum Gasteiger partial charge on any atom is 0.126 e. The van der Waals surface area contributed by atoms with Crippen LogP contribution in [0.1, 0.15) is 77.7 Å². The molecule has 2 nitrogen and oxygen atoms in total. The molecular formula is C23H40NOPS. The minimum absolute atomic E-state index is 0.494. The number of nitrogens with one attached hydrogen (secondary N) is 1.